The third-order valence-corrected chi connectivity index (χ3v) is 5.12. The fourth-order valence-electron chi connectivity index (χ4n) is 2.54. The molecule has 1 amide bonds. The third kappa shape index (κ3) is 13.6. The van der Waals surface area contributed by atoms with Crippen molar-refractivity contribution in [2.75, 3.05) is 59.2 Å². The van der Waals surface area contributed by atoms with Crippen LogP contribution in [0.1, 0.15) is 34.1 Å². The number of ether oxygens (including phenoxy) is 2. The first-order valence-corrected chi connectivity index (χ1v) is 10.8. The number of amides is 1. The Bertz CT molecular complexity index is 487. The highest BCUT2D eigenvalue weighted by molar-refractivity contribution is 6.63. The number of halogens is 1. The van der Waals surface area contributed by atoms with E-state index in [0.717, 1.165) is 45.9 Å². The molecule has 0 aromatic carbocycles. The van der Waals surface area contributed by atoms with Crippen molar-refractivity contribution in [3.63, 3.8) is 0 Å². The van der Waals surface area contributed by atoms with Crippen molar-refractivity contribution in [1.29, 1.82) is 0 Å². The number of carbonyl (C=O) groups excluding carboxylic acids is 2. The van der Waals surface area contributed by atoms with Crippen molar-refractivity contribution < 1.29 is 19.1 Å². The van der Waals surface area contributed by atoms with Gasteiger partial charge in [-0.3, -0.25) is 14.5 Å². The molecule has 2 fully saturated rings. The standard InChI is InChI=1S/C11H19NO2.C8H15NO.C3H5ClO/c1-4-9(2)10(3)11(13)12-5-7-14-8-6-12;1-2-3-4-9-5-7-10-8-6-9;1-2-3(4)5/h4,9-10H,1,5-8H2,2-3H3;2-3H,4-8H2,1H3;2H2,1H3/b;3-2+;/t9-,10+;;/m0../s1. The van der Waals surface area contributed by atoms with E-state index >= 15 is 0 Å². The topological polar surface area (TPSA) is 59.1 Å². The van der Waals surface area contributed by atoms with Crippen molar-refractivity contribution in [3.8, 4) is 0 Å². The van der Waals surface area contributed by atoms with Gasteiger partial charge in [0, 0.05) is 45.1 Å². The molecular weight excluding hydrogens is 392 g/mol. The molecule has 6 nitrogen and oxygen atoms in total. The number of rotatable bonds is 6. The second-order valence-corrected chi connectivity index (χ2v) is 7.43. The first-order chi connectivity index (χ1) is 13.9. The number of hydrogen-bond acceptors (Lipinski definition) is 5. The van der Waals surface area contributed by atoms with Gasteiger partial charge >= 0.3 is 0 Å². The third-order valence-electron chi connectivity index (χ3n) is 4.85. The molecule has 7 heteroatoms. The van der Waals surface area contributed by atoms with Crippen LogP contribution >= 0.6 is 11.6 Å². The summed E-state index contributed by atoms with van der Waals surface area (Å²) in [5.41, 5.74) is 0. The maximum Gasteiger partial charge on any atom is 0.226 e. The molecule has 2 aliphatic rings. The van der Waals surface area contributed by atoms with Crippen LogP contribution in [-0.2, 0) is 19.1 Å². The van der Waals surface area contributed by atoms with Crippen LogP contribution in [0.15, 0.2) is 24.8 Å². The molecule has 168 valence electrons. The van der Waals surface area contributed by atoms with E-state index in [4.69, 9.17) is 21.1 Å². The van der Waals surface area contributed by atoms with E-state index < -0.39 is 0 Å². The predicted molar refractivity (Wildman–Crippen MR) is 119 cm³/mol. The van der Waals surface area contributed by atoms with Gasteiger partial charge in [0.25, 0.3) is 0 Å². The Balaban J connectivity index is 0.000000455. The van der Waals surface area contributed by atoms with Gasteiger partial charge in [-0.2, -0.15) is 0 Å². The van der Waals surface area contributed by atoms with E-state index in [1.807, 2.05) is 24.8 Å². The van der Waals surface area contributed by atoms with E-state index in [-0.39, 0.29) is 23.0 Å². The average Bonchev–Trinajstić information content (AvgIpc) is 2.78. The molecule has 0 spiro atoms. The lowest BCUT2D eigenvalue weighted by molar-refractivity contribution is -0.140. The van der Waals surface area contributed by atoms with Crippen molar-refractivity contribution >= 4 is 22.8 Å². The van der Waals surface area contributed by atoms with Crippen molar-refractivity contribution in [3.05, 3.63) is 24.8 Å². The number of nitrogens with zero attached hydrogens (tertiary/aromatic N) is 2. The molecule has 0 N–H and O–H groups in total. The first-order valence-electron chi connectivity index (χ1n) is 10.5. The molecule has 2 aliphatic heterocycles. The van der Waals surface area contributed by atoms with E-state index in [1.54, 1.807) is 6.92 Å². The highest BCUT2D eigenvalue weighted by atomic mass is 35.5. The monoisotopic (exact) mass is 430 g/mol. The van der Waals surface area contributed by atoms with E-state index in [2.05, 4.69) is 30.6 Å². The summed E-state index contributed by atoms with van der Waals surface area (Å²) in [6.45, 7) is 19.3. The number of morpholine rings is 2. The first kappa shape index (κ1) is 27.8. The summed E-state index contributed by atoms with van der Waals surface area (Å²) in [7, 11) is 0. The molecule has 0 aliphatic carbocycles. The molecule has 2 heterocycles. The number of carbonyl (C=O) groups is 2. The summed E-state index contributed by atoms with van der Waals surface area (Å²) in [5.74, 6) is 0.497. The van der Waals surface area contributed by atoms with Gasteiger partial charge < -0.3 is 14.4 Å². The predicted octanol–water partition coefficient (Wildman–Crippen LogP) is 3.36. The minimum Gasteiger partial charge on any atom is -0.379 e. The largest absolute Gasteiger partial charge is 0.379 e. The fourth-order valence-corrected chi connectivity index (χ4v) is 2.54. The minimum absolute atomic E-state index is 0.0330. The normalized spacial score (nSPS) is 19.3. The van der Waals surface area contributed by atoms with Gasteiger partial charge in [0.2, 0.25) is 11.1 Å². The van der Waals surface area contributed by atoms with E-state index in [1.165, 1.54) is 0 Å². The molecule has 29 heavy (non-hydrogen) atoms. The van der Waals surface area contributed by atoms with Crippen LogP contribution in [0.25, 0.3) is 0 Å². The Morgan fingerprint density at radius 1 is 1.07 bits per heavy atom. The molecule has 2 saturated heterocycles. The maximum absolute atomic E-state index is 11.9. The number of allylic oxidation sites excluding steroid dienone is 2. The quantitative estimate of drug-likeness (QED) is 0.477. The zero-order chi connectivity index (χ0) is 22.1. The van der Waals surface area contributed by atoms with Gasteiger partial charge in [-0.05, 0) is 24.4 Å². The summed E-state index contributed by atoms with van der Waals surface area (Å²) in [4.78, 5) is 25.8. The van der Waals surface area contributed by atoms with Crippen LogP contribution in [0, 0.1) is 11.8 Å². The molecule has 2 atom stereocenters. The highest BCUT2D eigenvalue weighted by Crippen LogP contribution is 2.15. The molecular formula is C22H39ClN2O4. The van der Waals surface area contributed by atoms with Crippen molar-refractivity contribution in [2.45, 2.75) is 34.1 Å². The lowest BCUT2D eigenvalue weighted by atomic mass is 9.94. The van der Waals surface area contributed by atoms with Gasteiger partial charge in [-0.1, -0.05) is 39.0 Å². The molecule has 0 radical (unpaired) electrons. The molecule has 0 saturated carbocycles. The van der Waals surface area contributed by atoms with Gasteiger partial charge in [-0.15, -0.1) is 6.58 Å². The Hall–Kier alpha value is -1.21. The Morgan fingerprint density at radius 3 is 1.97 bits per heavy atom. The summed E-state index contributed by atoms with van der Waals surface area (Å²) in [6.07, 6.45) is 6.55. The fraction of sp³-hybridized carbons (Fsp3) is 0.727. The van der Waals surface area contributed by atoms with Crippen LogP contribution in [0.3, 0.4) is 0 Å². The Morgan fingerprint density at radius 2 is 1.55 bits per heavy atom. The molecule has 2 rings (SSSR count). The smallest absolute Gasteiger partial charge is 0.226 e. The maximum atomic E-state index is 11.9. The second-order valence-electron chi connectivity index (χ2n) is 7.01. The summed E-state index contributed by atoms with van der Waals surface area (Å²) in [5, 5.41) is -0.273. The Kier molecular flexibility index (Phi) is 16.9. The molecule has 0 aromatic rings. The summed E-state index contributed by atoms with van der Waals surface area (Å²) >= 11 is 4.82. The van der Waals surface area contributed by atoms with Crippen molar-refractivity contribution in [1.82, 2.24) is 9.80 Å². The summed E-state index contributed by atoms with van der Waals surface area (Å²) in [6, 6.07) is 0. The van der Waals surface area contributed by atoms with Crippen LogP contribution in [0.2, 0.25) is 0 Å². The lowest BCUT2D eigenvalue weighted by Crippen LogP contribution is -2.44. The number of hydrogen-bond donors (Lipinski definition) is 0. The van der Waals surface area contributed by atoms with E-state index in [9.17, 15) is 9.59 Å². The van der Waals surface area contributed by atoms with Crippen LogP contribution in [-0.4, -0.2) is 80.1 Å². The lowest BCUT2D eigenvalue weighted by Gasteiger charge is -2.30. The van der Waals surface area contributed by atoms with Crippen LogP contribution in [0.5, 0.6) is 0 Å². The highest BCUT2D eigenvalue weighted by Gasteiger charge is 2.24. The molecule has 0 unspecified atom stereocenters. The SMILES string of the molecule is C/C=C/CN1CCOCC1.C=C[C@H](C)[C@@H](C)C(=O)N1CCOCC1.CCC(=O)Cl. The van der Waals surface area contributed by atoms with Crippen molar-refractivity contribution in [2.24, 2.45) is 11.8 Å². The minimum atomic E-state index is -0.273. The summed E-state index contributed by atoms with van der Waals surface area (Å²) < 4.78 is 10.4. The zero-order valence-corrected chi connectivity index (χ0v) is 19.3. The average molecular weight is 431 g/mol. The Labute approximate surface area is 181 Å². The molecule has 0 bridgehead atoms. The second kappa shape index (κ2) is 17.6. The van der Waals surface area contributed by atoms with Gasteiger partial charge in [0.1, 0.15) is 0 Å². The zero-order valence-electron chi connectivity index (χ0n) is 18.6. The van der Waals surface area contributed by atoms with Gasteiger partial charge in [0.15, 0.2) is 0 Å². The van der Waals surface area contributed by atoms with Gasteiger partial charge in [0.05, 0.1) is 26.4 Å². The van der Waals surface area contributed by atoms with Gasteiger partial charge in [-0.25, -0.2) is 0 Å². The van der Waals surface area contributed by atoms with Crippen LogP contribution < -0.4 is 0 Å². The molecule has 0 aromatic heterocycles. The van der Waals surface area contributed by atoms with E-state index in [0.29, 0.717) is 19.6 Å². The van der Waals surface area contributed by atoms with Crippen LogP contribution in [0.4, 0.5) is 0 Å².